The second-order valence-corrected chi connectivity index (χ2v) is 17.5. The Bertz CT molecular complexity index is 962. The van der Waals surface area contributed by atoms with Gasteiger partial charge in [0.05, 0.1) is 25.4 Å². The molecule has 0 saturated heterocycles. The number of nitrogens with one attached hydrogen (secondary N) is 1. The lowest BCUT2D eigenvalue weighted by Gasteiger charge is -2.22. The van der Waals surface area contributed by atoms with Crippen molar-refractivity contribution in [3.63, 3.8) is 0 Å². The molecule has 0 heterocycles. The Morgan fingerprint density at radius 1 is 0.475 bits per heavy atom. The SMILES string of the molecule is CCCCCCCC/C=C\CCCCCCCCCC(=O)OCCCCCCCC/C=C\C/C=C\CCC(=O)NC(CO)C(O)CCCCCCCCCCCCCC. The van der Waals surface area contributed by atoms with Gasteiger partial charge in [0.1, 0.15) is 0 Å². The quantitative estimate of drug-likeness (QED) is 0.0323. The summed E-state index contributed by atoms with van der Waals surface area (Å²) in [5.41, 5.74) is 0. The van der Waals surface area contributed by atoms with Crippen LogP contribution < -0.4 is 5.32 Å². The van der Waals surface area contributed by atoms with Crippen molar-refractivity contribution in [1.82, 2.24) is 5.32 Å². The summed E-state index contributed by atoms with van der Waals surface area (Å²) >= 11 is 0. The summed E-state index contributed by atoms with van der Waals surface area (Å²) in [7, 11) is 0. The average molecular weight is 830 g/mol. The highest BCUT2D eigenvalue weighted by molar-refractivity contribution is 5.76. The molecular formula is C53H99NO5. The number of allylic oxidation sites excluding steroid dienone is 6. The molecule has 0 aromatic carbocycles. The monoisotopic (exact) mass is 830 g/mol. The summed E-state index contributed by atoms with van der Waals surface area (Å²) < 4.78 is 5.46. The largest absolute Gasteiger partial charge is 0.466 e. The molecule has 0 fully saturated rings. The highest BCUT2D eigenvalue weighted by Gasteiger charge is 2.19. The highest BCUT2D eigenvalue weighted by atomic mass is 16.5. The van der Waals surface area contributed by atoms with Crippen LogP contribution in [0.4, 0.5) is 0 Å². The van der Waals surface area contributed by atoms with Crippen LogP contribution in [0.15, 0.2) is 36.5 Å². The van der Waals surface area contributed by atoms with Gasteiger partial charge in [-0.2, -0.15) is 0 Å². The van der Waals surface area contributed by atoms with Gasteiger partial charge in [0.2, 0.25) is 5.91 Å². The van der Waals surface area contributed by atoms with Crippen molar-refractivity contribution in [2.24, 2.45) is 0 Å². The second-order valence-electron chi connectivity index (χ2n) is 17.5. The topological polar surface area (TPSA) is 95.9 Å². The van der Waals surface area contributed by atoms with Gasteiger partial charge in [0.25, 0.3) is 0 Å². The number of carbonyl (C=O) groups is 2. The van der Waals surface area contributed by atoms with E-state index in [0.717, 1.165) is 51.4 Å². The molecule has 6 nitrogen and oxygen atoms in total. The number of hydrogen-bond donors (Lipinski definition) is 3. The maximum Gasteiger partial charge on any atom is 0.305 e. The Balaban J connectivity index is 3.53. The lowest BCUT2D eigenvalue weighted by molar-refractivity contribution is -0.143. The van der Waals surface area contributed by atoms with Crippen molar-refractivity contribution in [3.8, 4) is 0 Å². The van der Waals surface area contributed by atoms with E-state index in [1.54, 1.807) is 0 Å². The fraction of sp³-hybridized carbons (Fsp3) is 0.849. The summed E-state index contributed by atoms with van der Waals surface area (Å²) in [6.07, 6.45) is 58.4. The maximum atomic E-state index is 12.4. The number of unbranched alkanes of at least 4 members (excludes halogenated alkanes) is 30. The summed E-state index contributed by atoms with van der Waals surface area (Å²) in [6.45, 7) is 4.87. The molecule has 0 aliphatic carbocycles. The van der Waals surface area contributed by atoms with Crippen molar-refractivity contribution in [3.05, 3.63) is 36.5 Å². The van der Waals surface area contributed by atoms with Crippen LogP contribution in [0, 0.1) is 0 Å². The molecule has 0 aliphatic rings. The predicted molar refractivity (Wildman–Crippen MR) is 255 cm³/mol. The first-order valence-electron chi connectivity index (χ1n) is 25.7. The van der Waals surface area contributed by atoms with Crippen LogP contribution in [-0.2, 0) is 14.3 Å². The molecule has 1 amide bonds. The third-order valence-corrected chi connectivity index (χ3v) is 11.7. The van der Waals surface area contributed by atoms with Gasteiger partial charge < -0.3 is 20.3 Å². The van der Waals surface area contributed by atoms with Crippen LogP contribution in [-0.4, -0.2) is 47.4 Å². The highest BCUT2D eigenvalue weighted by Crippen LogP contribution is 2.15. The number of esters is 1. The van der Waals surface area contributed by atoms with Gasteiger partial charge in [-0.1, -0.05) is 217 Å². The molecule has 0 bridgehead atoms. The maximum absolute atomic E-state index is 12.4. The van der Waals surface area contributed by atoms with Gasteiger partial charge in [0, 0.05) is 12.8 Å². The van der Waals surface area contributed by atoms with Crippen molar-refractivity contribution in [2.75, 3.05) is 13.2 Å². The van der Waals surface area contributed by atoms with Crippen molar-refractivity contribution < 1.29 is 24.5 Å². The Kier molecular flexibility index (Phi) is 47.2. The Labute approximate surface area is 366 Å². The Morgan fingerprint density at radius 2 is 0.864 bits per heavy atom. The van der Waals surface area contributed by atoms with Gasteiger partial charge in [-0.3, -0.25) is 9.59 Å². The zero-order valence-corrected chi connectivity index (χ0v) is 39.2. The van der Waals surface area contributed by atoms with E-state index in [-0.39, 0.29) is 18.5 Å². The molecule has 346 valence electrons. The van der Waals surface area contributed by atoms with E-state index >= 15 is 0 Å². The van der Waals surface area contributed by atoms with Gasteiger partial charge in [-0.05, 0) is 70.6 Å². The van der Waals surface area contributed by atoms with Crippen LogP contribution >= 0.6 is 0 Å². The van der Waals surface area contributed by atoms with Crippen LogP contribution in [0.2, 0.25) is 0 Å². The number of aliphatic hydroxyl groups is 2. The van der Waals surface area contributed by atoms with E-state index in [9.17, 15) is 19.8 Å². The van der Waals surface area contributed by atoms with E-state index in [1.807, 2.05) is 6.08 Å². The van der Waals surface area contributed by atoms with E-state index < -0.39 is 12.1 Å². The van der Waals surface area contributed by atoms with Crippen LogP contribution in [0.25, 0.3) is 0 Å². The Hall–Kier alpha value is -1.92. The molecule has 2 atom stereocenters. The fourth-order valence-electron chi connectivity index (χ4n) is 7.68. The van der Waals surface area contributed by atoms with Crippen LogP contribution in [0.3, 0.4) is 0 Å². The average Bonchev–Trinajstić information content (AvgIpc) is 3.24. The molecule has 0 rings (SSSR count). The number of amides is 1. The van der Waals surface area contributed by atoms with Crippen LogP contribution in [0.1, 0.15) is 264 Å². The van der Waals surface area contributed by atoms with E-state index in [4.69, 9.17) is 4.74 Å². The predicted octanol–water partition coefficient (Wildman–Crippen LogP) is 15.3. The smallest absolute Gasteiger partial charge is 0.305 e. The zero-order valence-electron chi connectivity index (χ0n) is 39.2. The Morgan fingerprint density at radius 3 is 1.34 bits per heavy atom. The molecule has 0 aromatic heterocycles. The number of hydrogen-bond acceptors (Lipinski definition) is 5. The molecule has 2 unspecified atom stereocenters. The molecule has 3 N–H and O–H groups in total. The van der Waals surface area contributed by atoms with Gasteiger partial charge in [0.15, 0.2) is 0 Å². The number of rotatable bonds is 47. The van der Waals surface area contributed by atoms with Gasteiger partial charge in [-0.25, -0.2) is 0 Å². The lowest BCUT2D eigenvalue weighted by Crippen LogP contribution is -2.45. The van der Waals surface area contributed by atoms with Crippen molar-refractivity contribution in [1.29, 1.82) is 0 Å². The minimum absolute atomic E-state index is 0.0209. The van der Waals surface area contributed by atoms with E-state index in [0.29, 0.717) is 32.3 Å². The molecule has 0 saturated carbocycles. The van der Waals surface area contributed by atoms with Gasteiger partial charge >= 0.3 is 5.97 Å². The molecular weight excluding hydrogens is 731 g/mol. The molecule has 0 radical (unpaired) electrons. The van der Waals surface area contributed by atoms with Crippen molar-refractivity contribution >= 4 is 11.9 Å². The number of carbonyl (C=O) groups excluding carboxylic acids is 2. The summed E-state index contributed by atoms with van der Waals surface area (Å²) in [6, 6.07) is -0.584. The van der Waals surface area contributed by atoms with Crippen LogP contribution in [0.5, 0.6) is 0 Å². The third kappa shape index (κ3) is 45.4. The molecule has 0 aliphatic heterocycles. The third-order valence-electron chi connectivity index (χ3n) is 11.7. The standard InChI is InChI=1S/C53H99NO5/c1-3-5-7-9-11-13-15-17-18-19-20-23-27-31-35-39-43-47-53(58)59-48-44-40-36-32-28-24-21-22-26-30-34-38-42-46-52(57)54-50(49-55)51(56)45-41-37-33-29-25-16-14-12-10-8-6-4-2/h17-18,22,26,34,38,50-51,55-56H,3-16,19-21,23-25,27-33,35-37,39-49H2,1-2H3,(H,54,57)/b18-17-,26-22-,38-34-. The summed E-state index contributed by atoms with van der Waals surface area (Å²) in [5, 5.41) is 23.1. The first-order valence-corrected chi connectivity index (χ1v) is 25.7. The molecule has 6 heteroatoms. The molecule has 0 spiro atoms. The molecule has 59 heavy (non-hydrogen) atoms. The normalized spacial score (nSPS) is 12.9. The lowest BCUT2D eigenvalue weighted by atomic mass is 10.0. The summed E-state index contributed by atoms with van der Waals surface area (Å²) in [4.78, 5) is 24.4. The van der Waals surface area contributed by atoms with Gasteiger partial charge in [-0.15, -0.1) is 0 Å². The number of ether oxygens (including phenoxy) is 1. The fourth-order valence-corrected chi connectivity index (χ4v) is 7.68. The zero-order chi connectivity index (χ0) is 43.0. The number of aliphatic hydroxyl groups excluding tert-OH is 2. The van der Waals surface area contributed by atoms with E-state index in [2.05, 4.69) is 49.5 Å². The first kappa shape index (κ1) is 57.1. The summed E-state index contributed by atoms with van der Waals surface area (Å²) in [5.74, 6) is -0.138. The molecule has 0 aromatic rings. The van der Waals surface area contributed by atoms with Crippen molar-refractivity contribution in [2.45, 2.75) is 276 Å². The minimum Gasteiger partial charge on any atom is -0.466 e. The van der Waals surface area contributed by atoms with E-state index in [1.165, 1.54) is 173 Å². The first-order chi connectivity index (χ1) is 29.0. The minimum atomic E-state index is -0.698. The second kappa shape index (κ2) is 48.7.